The third-order valence-electron chi connectivity index (χ3n) is 4.22. The smallest absolute Gasteiger partial charge is 0.352 e. The van der Waals surface area contributed by atoms with E-state index in [0.29, 0.717) is 29.4 Å². The van der Waals surface area contributed by atoms with Gasteiger partial charge in [-0.05, 0) is 29.3 Å². The lowest BCUT2D eigenvalue weighted by Gasteiger charge is -2.48. The molecule has 1 aromatic rings. The summed E-state index contributed by atoms with van der Waals surface area (Å²) in [4.78, 5) is 37.2. The molecule has 2 unspecified atom stereocenters. The second kappa shape index (κ2) is 8.27. The van der Waals surface area contributed by atoms with E-state index in [9.17, 15) is 19.5 Å². The van der Waals surface area contributed by atoms with E-state index in [1.165, 1.54) is 28.4 Å². The Hall–Kier alpha value is -2.12. The van der Waals surface area contributed by atoms with E-state index in [-0.39, 0.29) is 28.6 Å². The van der Waals surface area contributed by atoms with Crippen molar-refractivity contribution in [1.82, 2.24) is 30.8 Å². The molecule has 0 radical (unpaired) electrons. The lowest BCUT2D eigenvalue weighted by atomic mass is 10.0. The second-order valence-corrected chi connectivity index (χ2v) is 8.22. The highest BCUT2D eigenvalue weighted by Crippen LogP contribution is 2.43. The van der Waals surface area contributed by atoms with Crippen LogP contribution in [-0.4, -0.2) is 77.4 Å². The van der Waals surface area contributed by atoms with E-state index in [1.54, 1.807) is 0 Å². The summed E-state index contributed by atoms with van der Waals surface area (Å²) in [5, 5.41) is 25.6. The van der Waals surface area contributed by atoms with E-state index in [4.69, 9.17) is 5.73 Å². The fourth-order valence-electron chi connectivity index (χ4n) is 2.97. The maximum Gasteiger partial charge on any atom is 0.352 e. The summed E-state index contributed by atoms with van der Waals surface area (Å²) in [5.41, 5.74) is 6.30. The number of aromatic amines is 1. The molecule has 2 amide bonds. The summed E-state index contributed by atoms with van der Waals surface area (Å²) < 4.78 is 0. The number of carboxylic acid groups (broad SMARTS) is 1. The van der Waals surface area contributed by atoms with Gasteiger partial charge in [-0.25, -0.2) is 9.89 Å². The maximum atomic E-state index is 12.1. The van der Waals surface area contributed by atoms with Crippen molar-refractivity contribution in [1.29, 1.82) is 0 Å². The van der Waals surface area contributed by atoms with Crippen molar-refractivity contribution in [2.45, 2.75) is 41.6 Å². The van der Waals surface area contributed by atoms with Crippen molar-refractivity contribution in [3.05, 3.63) is 11.3 Å². The molecule has 146 valence electrons. The molecule has 5 N–H and O–H groups in total. The normalized spacial score (nSPS) is 22.9. The fraction of sp³-hybridized carbons (Fsp3) is 0.571. The van der Waals surface area contributed by atoms with E-state index in [1.807, 2.05) is 6.92 Å². The number of H-pyrrole nitrogens is 1. The van der Waals surface area contributed by atoms with Crippen LogP contribution in [0.3, 0.4) is 0 Å². The first-order valence-corrected chi connectivity index (χ1v) is 10.2. The number of carboxylic acids is 1. The van der Waals surface area contributed by atoms with Gasteiger partial charge in [0.1, 0.15) is 17.1 Å². The first-order valence-electron chi connectivity index (χ1n) is 8.27. The fourth-order valence-corrected chi connectivity index (χ4v) is 5.47. The zero-order valence-electron chi connectivity index (χ0n) is 14.4. The molecule has 11 nitrogen and oxygen atoms in total. The molecule has 13 heteroatoms. The number of aliphatic carboxylic acids is 1. The summed E-state index contributed by atoms with van der Waals surface area (Å²) in [6.45, 7) is 2.34. The van der Waals surface area contributed by atoms with Gasteiger partial charge >= 0.3 is 5.97 Å². The number of aromatic nitrogens is 4. The summed E-state index contributed by atoms with van der Waals surface area (Å²) in [7, 11) is 0. The SMILES string of the molecule is CCNC(=O)CCC(Sc1nnn[nH]1)C1=C(C(=O)O)N2C(=O)C(N)[C@@H]2SC1. The molecule has 0 saturated carbocycles. The summed E-state index contributed by atoms with van der Waals surface area (Å²) in [5.74, 6) is -1.32. The Morgan fingerprint density at radius 3 is 2.96 bits per heavy atom. The number of tetrazole rings is 1. The highest BCUT2D eigenvalue weighted by molar-refractivity contribution is 8.01. The number of hydrogen-bond acceptors (Lipinski definition) is 9. The highest BCUT2D eigenvalue weighted by atomic mass is 32.2. The number of carbonyl (C=O) groups excluding carboxylic acids is 2. The number of rotatable bonds is 8. The number of nitrogens with one attached hydrogen (secondary N) is 2. The molecule has 2 aliphatic heterocycles. The average Bonchev–Trinajstić information content (AvgIpc) is 3.16. The minimum absolute atomic E-state index is 0.0497. The van der Waals surface area contributed by atoms with Crippen molar-refractivity contribution in [2.24, 2.45) is 5.73 Å². The largest absolute Gasteiger partial charge is 0.477 e. The number of carbonyl (C=O) groups is 3. The molecule has 1 aromatic heterocycles. The number of thioether (sulfide) groups is 2. The number of amides is 2. The molecule has 27 heavy (non-hydrogen) atoms. The molecule has 3 atom stereocenters. The minimum Gasteiger partial charge on any atom is -0.477 e. The number of hydrogen-bond donors (Lipinski definition) is 4. The van der Waals surface area contributed by atoms with Gasteiger partial charge in [-0.3, -0.25) is 14.5 Å². The zero-order chi connectivity index (χ0) is 19.6. The maximum absolute atomic E-state index is 12.1. The van der Waals surface area contributed by atoms with Crippen molar-refractivity contribution in [3.8, 4) is 0 Å². The Morgan fingerprint density at radius 2 is 2.33 bits per heavy atom. The van der Waals surface area contributed by atoms with Crippen LogP contribution in [0.4, 0.5) is 0 Å². The predicted molar refractivity (Wildman–Crippen MR) is 97.5 cm³/mol. The molecule has 0 spiro atoms. The van der Waals surface area contributed by atoms with E-state index >= 15 is 0 Å². The molecule has 0 aromatic carbocycles. The van der Waals surface area contributed by atoms with Crippen LogP contribution in [0, 0.1) is 0 Å². The number of nitrogens with two attached hydrogens (primary N) is 1. The van der Waals surface area contributed by atoms with Crippen LogP contribution in [0.2, 0.25) is 0 Å². The molecular weight excluding hydrogens is 394 g/mol. The van der Waals surface area contributed by atoms with Gasteiger partial charge < -0.3 is 16.2 Å². The topological polar surface area (TPSA) is 167 Å². The van der Waals surface area contributed by atoms with Gasteiger partial charge in [0.2, 0.25) is 17.0 Å². The standard InChI is InChI=1S/C14H19N7O4S2/c1-2-16-8(22)4-3-7(27-14-17-19-20-18-14)6-5-26-12-9(15)11(23)21(12)10(6)13(24)25/h7,9,12H,2-5,15H2,1H3,(H,16,22)(H,24,25)(H,17,18,19,20)/t7?,9?,12-/m0/s1. The van der Waals surface area contributed by atoms with Gasteiger partial charge in [0.15, 0.2) is 0 Å². The van der Waals surface area contributed by atoms with Crippen molar-refractivity contribution < 1.29 is 19.5 Å². The van der Waals surface area contributed by atoms with Crippen LogP contribution in [-0.2, 0) is 14.4 Å². The Kier molecular flexibility index (Phi) is 6.01. The van der Waals surface area contributed by atoms with Crippen LogP contribution in [0.25, 0.3) is 0 Å². The van der Waals surface area contributed by atoms with Gasteiger partial charge in [-0.15, -0.1) is 16.9 Å². The molecule has 3 heterocycles. The van der Waals surface area contributed by atoms with E-state index < -0.39 is 17.9 Å². The van der Waals surface area contributed by atoms with Crippen molar-refractivity contribution in [3.63, 3.8) is 0 Å². The van der Waals surface area contributed by atoms with Gasteiger partial charge in [-0.2, -0.15) is 0 Å². The van der Waals surface area contributed by atoms with Crippen LogP contribution in [0.5, 0.6) is 0 Å². The monoisotopic (exact) mass is 413 g/mol. The third kappa shape index (κ3) is 3.94. The first kappa shape index (κ1) is 19.6. The molecule has 3 rings (SSSR count). The average molecular weight is 413 g/mol. The number of fused-ring (bicyclic) bond motifs is 1. The Morgan fingerprint density at radius 1 is 1.56 bits per heavy atom. The van der Waals surface area contributed by atoms with Gasteiger partial charge in [-0.1, -0.05) is 11.8 Å². The van der Waals surface area contributed by atoms with Crippen molar-refractivity contribution in [2.75, 3.05) is 12.3 Å². The number of β-lactam (4-membered cyclic amide) rings is 1. The zero-order valence-corrected chi connectivity index (χ0v) is 16.0. The molecule has 2 aliphatic rings. The molecular formula is C14H19N7O4S2. The lowest BCUT2D eigenvalue weighted by Crippen LogP contribution is -2.68. The third-order valence-corrected chi connectivity index (χ3v) is 6.74. The van der Waals surface area contributed by atoms with Crippen LogP contribution in [0.1, 0.15) is 19.8 Å². The first-order chi connectivity index (χ1) is 12.9. The Labute approximate surface area is 162 Å². The summed E-state index contributed by atoms with van der Waals surface area (Å²) in [6.07, 6.45) is 0.591. The Balaban J connectivity index is 1.89. The molecule has 1 fully saturated rings. The second-order valence-electron chi connectivity index (χ2n) is 5.92. The Bertz CT molecular complexity index is 770. The molecule has 0 aliphatic carbocycles. The quantitative estimate of drug-likeness (QED) is 0.311. The van der Waals surface area contributed by atoms with Crippen molar-refractivity contribution >= 4 is 41.3 Å². The van der Waals surface area contributed by atoms with Gasteiger partial charge in [0.05, 0.1) is 0 Å². The van der Waals surface area contributed by atoms with Gasteiger partial charge in [0, 0.05) is 24.0 Å². The summed E-state index contributed by atoms with van der Waals surface area (Å²) >= 11 is 2.66. The highest BCUT2D eigenvalue weighted by Gasteiger charge is 2.52. The van der Waals surface area contributed by atoms with Crippen LogP contribution in [0.15, 0.2) is 16.4 Å². The molecule has 0 bridgehead atoms. The lowest BCUT2D eigenvalue weighted by molar-refractivity contribution is -0.148. The van der Waals surface area contributed by atoms with Crippen LogP contribution >= 0.6 is 23.5 Å². The van der Waals surface area contributed by atoms with E-state index in [2.05, 4.69) is 25.9 Å². The van der Waals surface area contributed by atoms with E-state index in [0.717, 1.165) is 0 Å². The van der Waals surface area contributed by atoms with Gasteiger partial charge in [0.25, 0.3) is 0 Å². The minimum atomic E-state index is -1.19. The number of nitrogens with zero attached hydrogens (tertiary/aromatic N) is 4. The summed E-state index contributed by atoms with van der Waals surface area (Å²) in [6, 6.07) is -0.689. The molecule has 1 saturated heterocycles. The predicted octanol–water partition coefficient (Wildman–Crippen LogP) is -0.842. The van der Waals surface area contributed by atoms with Crippen LogP contribution < -0.4 is 11.1 Å².